The molecule has 18 heavy (non-hydrogen) atoms. The topological polar surface area (TPSA) is 30.0 Å². The van der Waals surface area contributed by atoms with Gasteiger partial charge in [0, 0.05) is 11.3 Å². The van der Waals surface area contributed by atoms with Crippen molar-refractivity contribution in [2.75, 3.05) is 0 Å². The first kappa shape index (κ1) is 12.5. The summed E-state index contributed by atoms with van der Waals surface area (Å²) in [5, 5.41) is 0. The number of hydrogen-bond donors (Lipinski definition) is 0. The lowest BCUT2D eigenvalue weighted by Gasteiger charge is -2.09. The van der Waals surface area contributed by atoms with E-state index in [1.54, 1.807) is 6.07 Å². The second kappa shape index (κ2) is 4.73. The highest BCUT2D eigenvalue weighted by Gasteiger charge is 2.14. The second-order valence-electron chi connectivity index (χ2n) is 4.74. The summed E-state index contributed by atoms with van der Waals surface area (Å²) < 4.78 is 0. The van der Waals surface area contributed by atoms with Crippen LogP contribution in [0.3, 0.4) is 0 Å². The van der Waals surface area contributed by atoms with Crippen molar-refractivity contribution in [3.05, 3.63) is 64.0 Å². The van der Waals surface area contributed by atoms with Crippen molar-refractivity contribution in [2.45, 2.75) is 27.7 Å². The van der Waals surface area contributed by atoms with E-state index >= 15 is 0 Å². The molecule has 1 aromatic carbocycles. The quantitative estimate of drug-likeness (QED) is 0.750. The molecule has 0 N–H and O–H groups in total. The lowest BCUT2D eigenvalue weighted by Crippen LogP contribution is -2.07. The highest BCUT2D eigenvalue weighted by atomic mass is 16.1. The van der Waals surface area contributed by atoms with E-state index in [0.29, 0.717) is 5.69 Å². The maximum atomic E-state index is 12.4. The lowest BCUT2D eigenvalue weighted by molar-refractivity contribution is 0.103. The van der Waals surface area contributed by atoms with Gasteiger partial charge in [0.2, 0.25) is 5.78 Å². The highest BCUT2D eigenvalue weighted by Crippen LogP contribution is 2.18. The molecule has 0 aliphatic carbocycles. The number of aryl methyl sites for hydroxylation is 4. The van der Waals surface area contributed by atoms with E-state index in [4.69, 9.17) is 0 Å². The molecule has 0 aliphatic heterocycles. The van der Waals surface area contributed by atoms with Crippen molar-refractivity contribution in [2.24, 2.45) is 0 Å². The van der Waals surface area contributed by atoms with Crippen LogP contribution in [0.4, 0.5) is 0 Å². The molecule has 92 valence electrons. The summed E-state index contributed by atoms with van der Waals surface area (Å²) in [6.45, 7) is 7.94. The van der Waals surface area contributed by atoms with Gasteiger partial charge in [-0.05, 0) is 62.6 Å². The fraction of sp³-hybridized carbons (Fsp3) is 0.250. The van der Waals surface area contributed by atoms with Crippen LogP contribution in [0.2, 0.25) is 0 Å². The Morgan fingerprint density at radius 2 is 1.61 bits per heavy atom. The summed E-state index contributed by atoms with van der Waals surface area (Å²) in [4.78, 5) is 16.7. The Kier molecular flexibility index (Phi) is 3.28. The SMILES string of the molecule is Cc1cccc(C(=O)c2cc(C)c(C)cc2C)n1. The molecule has 0 amide bonds. The second-order valence-corrected chi connectivity index (χ2v) is 4.74. The zero-order valence-corrected chi connectivity index (χ0v) is 11.2. The molecule has 0 saturated carbocycles. The maximum Gasteiger partial charge on any atom is 0.211 e. The third kappa shape index (κ3) is 2.33. The van der Waals surface area contributed by atoms with Gasteiger partial charge in [-0.25, -0.2) is 4.98 Å². The van der Waals surface area contributed by atoms with Gasteiger partial charge in [0.05, 0.1) is 0 Å². The Morgan fingerprint density at radius 3 is 2.28 bits per heavy atom. The van der Waals surface area contributed by atoms with Crippen molar-refractivity contribution < 1.29 is 4.79 Å². The molecule has 0 bridgehead atoms. The monoisotopic (exact) mass is 239 g/mol. The molecular formula is C16H17NO. The lowest BCUT2D eigenvalue weighted by atomic mass is 9.96. The van der Waals surface area contributed by atoms with Gasteiger partial charge in [0.1, 0.15) is 5.69 Å². The Balaban J connectivity index is 2.49. The predicted octanol–water partition coefficient (Wildman–Crippen LogP) is 3.55. The normalized spacial score (nSPS) is 10.4. The van der Waals surface area contributed by atoms with E-state index < -0.39 is 0 Å². The predicted molar refractivity (Wildman–Crippen MR) is 73.1 cm³/mol. The highest BCUT2D eigenvalue weighted by molar-refractivity contribution is 6.08. The number of carbonyl (C=O) groups is 1. The summed E-state index contributed by atoms with van der Waals surface area (Å²) in [7, 11) is 0. The number of rotatable bonds is 2. The van der Waals surface area contributed by atoms with E-state index in [1.807, 2.05) is 39.0 Å². The molecule has 1 aromatic heterocycles. The van der Waals surface area contributed by atoms with Gasteiger partial charge < -0.3 is 0 Å². The van der Waals surface area contributed by atoms with Gasteiger partial charge in [0.25, 0.3) is 0 Å². The third-order valence-electron chi connectivity index (χ3n) is 3.21. The maximum absolute atomic E-state index is 12.4. The number of hydrogen-bond acceptors (Lipinski definition) is 2. The molecule has 2 rings (SSSR count). The molecule has 0 fully saturated rings. The number of nitrogens with zero attached hydrogens (tertiary/aromatic N) is 1. The Morgan fingerprint density at radius 1 is 0.944 bits per heavy atom. The molecule has 1 heterocycles. The third-order valence-corrected chi connectivity index (χ3v) is 3.21. The summed E-state index contributed by atoms with van der Waals surface area (Å²) >= 11 is 0. The van der Waals surface area contributed by atoms with Gasteiger partial charge in [0.15, 0.2) is 0 Å². The zero-order valence-electron chi connectivity index (χ0n) is 11.2. The number of aromatic nitrogens is 1. The van der Waals surface area contributed by atoms with E-state index in [2.05, 4.69) is 18.0 Å². The van der Waals surface area contributed by atoms with Gasteiger partial charge >= 0.3 is 0 Å². The molecular weight excluding hydrogens is 222 g/mol. The Hall–Kier alpha value is -1.96. The van der Waals surface area contributed by atoms with Gasteiger partial charge in [-0.1, -0.05) is 12.1 Å². The van der Waals surface area contributed by atoms with E-state index in [1.165, 1.54) is 5.56 Å². The van der Waals surface area contributed by atoms with Crippen LogP contribution >= 0.6 is 0 Å². The minimum Gasteiger partial charge on any atom is -0.287 e. The average Bonchev–Trinajstić information content (AvgIpc) is 2.33. The molecule has 0 aliphatic rings. The largest absolute Gasteiger partial charge is 0.287 e. The number of benzene rings is 1. The molecule has 0 spiro atoms. The van der Waals surface area contributed by atoms with Crippen LogP contribution in [0.25, 0.3) is 0 Å². The standard InChI is InChI=1S/C16H17NO/c1-10-8-12(3)14(9-11(10)2)16(18)15-7-5-6-13(4)17-15/h5-9H,1-4H3. The molecule has 2 aromatic rings. The summed E-state index contributed by atoms with van der Waals surface area (Å²) in [6, 6.07) is 9.54. The minimum absolute atomic E-state index is 0.000648. The van der Waals surface area contributed by atoms with Crippen molar-refractivity contribution in [1.29, 1.82) is 0 Å². The van der Waals surface area contributed by atoms with Crippen LogP contribution in [-0.4, -0.2) is 10.8 Å². The van der Waals surface area contributed by atoms with Crippen LogP contribution in [0.1, 0.15) is 38.4 Å². The molecule has 0 radical (unpaired) electrons. The van der Waals surface area contributed by atoms with E-state index in [-0.39, 0.29) is 5.78 Å². The molecule has 0 atom stereocenters. The molecule has 0 saturated heterocycles. The first-order valence-electron chi connectivity index (χ1n) is 6.05. The van der Waals surface area contributed by atoms with Gasteiger partial charge in [-0.2, -0.15) is 0 Å². The zero-order chi connectivity index (χ0) is 13.3. The Bertz CT molecular complexity index is 614. The van der Waals surface area contributed by atoms with Crippen molar-refractivity contribution >= 4 is 5.78 Å². The van der Waals surface area contributed by atoms with Crippen molar-refractivity contribution in [3.63, 3.8) is 0 Å². The Labute approximate surface area is 108 Å². The van der Waals surface area contributed by atoms with E-state index in [0.717, 1.165) is 22.4 Å². The number of pyridine rings is 1. The van der Waals surface area contributed by atoms with E-state index in [9.17, 15) is 4.79 Å². The van der Waals surface area contributed by atoms with Crippen LogP contribution in [0.5, 0.6) is 0 Å². The van der Waals surface area contributed by atoms with Crippen molar-refractivity contribution in [3.8, 4) is 0 Å². The number of carbonyl (C=O) groups excluding carboxylic acids is 1. The minimum atomic E-state index is -0.000648. The van der Waals surface area contributed by atoms with Crippen LogP contribution in [-0.2, 0) is 0 Å². The van der Waals surface area contributed by atoms with Crippen LogP contribution in [0, 0.1) is 27.7 Å². The fourth-order valence-corrected chi connectivity index (χ4v) is 2.01. The first-order valence-corrected chi connectivity index (χ1v) is 6.05. The summed E-state index contributed by atoms with van der Waals surface area (Å²) in [6.07, 6.45) is 0. The summed E-state index contributed by atoms with van der Waals surface area (Å²) in [5.41, 5.74) is 5.48. The molecule has 2 nitrogen and oxygen atoms in total. The van der Waals surface area contributed by atoms with Gasteiger partial charge in [-0.3, -0.25) is 4.79 Å². The van der Waals surface area contributed by atoms with Crippen LogP contribution < -0.4 is 0 Å². The van der Waals surface area contributed by atoms with Gasteiger partial charge in [-0.15, -0.1) is 0 Å². The molecule has 0 unspecified atom stereocenters. The number of ketones is 1. The van der Waals surface area contributed by atoms with Crippen LogP contribution in [0.15, 0.2) is 30.3 Å². The fourth-order valence-electron chi connectivity index (χ4n) is 2.01. The first-order chi connectivity index (χ1) is 8.49. The van der Waals surface area contributed by atoms with Crippen molar-refractivity contribution in [1.82, 2.24) is 4.98 Å². The molecule has 2 heteroatoms. The smallest absolute Gasteiger partial charge is 0.211 e. The average molecular weight is 239 g/mol. The summed E-state index contributed by atoms with van der Waals surface area (Å²) in [5.74, 6) is -0.000648.